The second kappa shape index (κ2) is 5.46. The van der Waals surface area contributed by atoms with Gasteiger partial charge in [0.1, 0.15) is 11.4 Å². The van der Waals surface area contributed by atoms with E-state index in [0.29, 0.717) is 11.1 Å². The van der Waals surface area contributed by atoms with Crippen LogP contribution in [0, 0.1) is 11.6 Å². The van der Waals surface area contributed by atoms with Gasteiger partial charge in [-0.1, -0.05) is 30.3 Å². The number of nitrogen functional groups attached to an aromatic ring is 1. The van der Waals surface area contributed by atoms with Crippen molar-refractivity contribution in [2.75, 3.05) is 12.8 Å². The lowest BCUT2D eigenvalue weighted by Crippen LogP contribution is -2.13. The molecule has 0 radical (unpaired) electrons. The van der Waals surface area contributed by atoms with Gasteiger partial charge in [-0.25, -0.2) is 8.78 Å². The van der Waals surface area contributed by atoms with Gasteiger partial charge in [0.05, 0.1) is 7.11 Å². The zero-order chi connectivity index (χ0) is 14.9. The molecule has 0 aromatic heterocycles. The van der Waals surface area contributed by atoms with Crippen molar-refractivity contribution in [1.29, 1.82) is 0 Å². The number of rotatable bonds is 3. The van der Waals surface area contributed by atoms with Crippen molar-refractivity contribution in [2.24, 2.45) is 5.73 Å². The first kappa shape index (κ1) is 14.3. The third-order valence-electron chi connectivity index (χ3n) is 3.13. The number of anilines is 1. The van der Waals surface area contributed by atoms with Crippen molar-refractivity contribution in [2.45, 2.75) is 13.0 Å². The lowest BCUT2D eigenvalue weighted by atomic mass is 9.93. The molecule has 0 aliphatic carbocycles. The quantitative estimate of drug-likeness (QED) is 0.847. The van der Waals surface area contributed by atoms with Crippen LogP contribution in [0.25, 0.3) is 11.1 Å². The summed E-state index contributed by atoms with van der Waals surface area (Å²) in [6.07, 6.45) is 0. The SMILES string of the molecule is COc1c(N)c(F)c(F)c(-c2ccccc2)c1C(C)N. The number of ether oxygens (including phenoxy) is 1. The maximum absolute atomic E-state index is 14.3. The maximum atomic E-state index is 14.3. The van der Waals surface area contributed by atoms with Gasteiger partial charge < -0.3 is 16.2 Å². The second-order valence-corrected chi connectivity index (χ2v) is 4.52. The summed E-state index contributed by atoms with van der Waals surface area (Å²) in [5, 5.41) is 0. The molecule has 20 heavy (non-hydrogen) atoms. The molecule has 2 aromatic rings. The van der Waals surface area contributed by atoms with Crippen LogP contribution in [0.15, 0.2) is 30.3 Å². The zero-order valence-corrected chi connectivity index (χ0v) is 11.3. The Bertz CT molecular complexity index is 628. The number of methoxy groups -OCH3 is 1. The summed E-state index contributed by atoms with van der Waals surface area (Å²) in [5.74, 6) is -2.05. The summed E-state index contributed by atoms with van der Waals surface area (Å²) >= 11 is 0. The van der Waals surface area contributed by atoms with E-state index >= 15 is 0 Å². The molecule has 3 nitrogen and oxygen atoms in total. The minimum absolute atomic E-state index is 0.0813. The zero-order valence-electron chi connectivity index (χ0n) is 11.3. The molecule has 4 N–H and O–H groups in total. The molecular weight excluding hydrogens is 262 g/mol. The van der Waals surface area contributed by atoms with Crippen LogP contribution >= 0.6 is 0 Å². The molecular formula is C15H16F2N2O. The monoisotopic (exact) mass is 278 g/mol. The first-order valence-electron chi connectivity index (χ1n) is 6.14. The van der Waals surface area contributed by atoms with Crippen molar-refractivity contribution >= 4 is 5.69 Å². The minimum Gasteiger partial charge on any atom is -0.494 e. The molecule has 0 amide bonds. The number of benzene rings is 2. The summed E-state index contributed by atoms with van der Waals surface area (Å²) in [6, 6.07) is 8.06. The molecule has 0 aliphatic heterocycles. The summed E-state index contributed by atoms with van der Waals surface area (Å²) in [5.41, 5.74) is 12.1. The van der Waals surface area contributed by atoms with Gasteiger partial charge in [-0.2, -0.15) is 0 Å². The van der Waals surface area contributed by atoms with Crippen LogP contribution in [0.1, 0.15) is 18.5 Å². The van der Waals surface area contributed by atoms with Crippen LogP contribution in [-0.4, -0.2) is 7.11 Å². The van der Waals surface area contributed by atoms with Crippen LogP contribution < -0.4 is 16.2 Å². The standard InChI is InChI=1S/C15H16F2N2O/c1-8(18)10-11(9-6-4-3-5-7-9)12(16)13(17)14(19)15(10)20-2/h3-8H,18-19H2,1-2H3. The first-order valence-corrected chi connectivity index (χ1v) is 6.14. The summed E-state index contributed by atoms with van der Waals surface area (Å²) in [4.78, 5) is 0. The van der Waals surface area contributed by atoms with Crippen molar-refractivity contribution < 1.29 is 13.5 Å². The molecule has 2 rings (SSSR count). The third-order valence-corrected chi connectivity index (χ3v) is 3.13. The summed E-state index contributed by atoms with van der Waals surface area (Å²) in [7, 11) is 1.35. The van der Waals surface area contributed by atoms with E-state index in [0.717, 1.165) is 0 Å². The van der Waals surface area contributed by atoms with E-state index in [-0.39, 0.29) is 17.0 Å². The fourth-order valence-corrected chi connectivity index (χ4v) is 2.25. The predicted octanol–water partition coefficient (Wildman–Crippen LogP) is 3.24. The highest BCUT2D eigenvalue weighted by molar-refractivity contribution is 5.77. The average molecular weight is 278 g/mol. The van der Waals surface area contributed by atoms with Gasteiger partial charge in [-0.05, 0) is 12.5 Å². The molecule has 5 heteroatoms. The molecule has 106 valence electrons. The molecule has 0 saturated heterocycles. The highest BCUT2D eigenvalue weighted by atomic mass is 19.2. The van der Waals surface area contributed by atoms with Crippen LogP contribution in [0.2, 0.25) is 0 Å². The maximum Gasteiger partial charge on any atom is 0.186 e. The highest BCUT2D eigenvalue weighted by Crippen LogP contribution is 2.42. The first-order chi connectivity index (χ1) is 9.49. The van der Waals surface area contributed by atoms with Gasteiger partial charge in [0, 0.05) is 17.2 Å². The van der Waals surface area contributed by atoms with Crippen molar-refractivity contribution in [3.63, 3.8) is 0 Å². The van der Waals surface area contributed by atoms with Crippen LogP contribution in [-0.2, 0) is 0 Å². The lowest BCUT2D eigenvalue weighted by molar-refractivity contribution is 0.402. The summed E-state index contributed by atoms with van der Waals surface area (Å²) < 4.78 is 33.4. The smallest absolute Gasteiger partial charge is 0.186 e. The Morgan fingerprint density at radius 1 is 1.10 bits per heavy atom. The van der Waals surface area contributed by atoms with Gasteiger partial charge in [0.15, 0.2) is 11.6 Å². The Hall–Kier alpha value is -2.14. The van der Waals surface area contributed by atoms with E-state index in [4.69, 9.17) is 16.2 Å². The molecule has 0 spiro atoms. The van der Waals surface area contributed by atoms with Crippen LogP contribution in [0.3, 0.4) is 0 Å². The molecule has 1 atom stereocenters. The van der Waals surface area contributed by atoms with Crippen molar-refractivity contribution in [1.82, 2.24) is 0 Å². The summed E-state index contributed by atoms with van der Waals surface area (Å²) in [6.45, 7) is 1.67. The Kier molecular flexibility index (Phi) is 3.90. The van der Waals surface area contributed by atoms with Gasteiger partial charge >= 0.3 is 0 Å². The van der Waals surface area contributed by atoms with Gasteiger partial charge in [0.25, 0.3) is 0 Å². The van der Waals surface area contributed by atoms with E-state index in [9.17, 15) is 8.78 Å². The predicted molar refractivity (Wildman–Crippen MR) is 75.4 cm³/mol. The van der Waals surface area contributed by atoms with E-state index in [1.54, 1.807) is 37.3 Å². The largest absolute Gasteiger partial charge is 0.494 e. The highest BCUT2D eigenvalue weighted by Gasteiger charge is 2.26. The average Bonchev–Trinajstić information content (AvgIpc) is 2.45. The normalized spacial score (nSPS) is 12.2. The van der Waals surface area contributed by atoms with Crippen molar-refractivity contribution in [3.05, 3.63) is 47.5 Å². The van der Waals surface area contributed by atoms with E-state index < -0.39 is 17.7 Å². The minimum atomic E-state index is -1.12. The van der Waals surface area contributed by atoms with Gasteiger partial charge in [0.2, 0.25) is 0 Å². The fraction of sp³-hybridized carbons (Fsp3) is 0.200. The lowest BCUT2D eigenvalue weighted by Gasteiger charge is -2.20. The van der Waals surface area contributed by atoms with Crippen molar-refractivity contribution in [3.8, 4) is 16.9 Å². The van der Waals surface area contributed by atoms with Gasteiger partial charge in [-0.3, -0.25) is 0 Å². The molecule has 0 fully saturated rings. The van der Waals surface area contributed by atoms with E-state index in [1.165, 1.54) is 7.11 Å². The number of hydrogen-bond acceptors (Lipinski definition) is 3. The molecule has 1 unspecified atom stereocenters. The number of nitrogens with two attached hydrogens (primary N) is 2. The Morgan fingerprint density at radius 2 is 1.70 bits per heavy atom. The van der Waals surface area contributed by atoms with E-state index in [2.05, 4.69) is 0 Å². The van der Waals surface area contributed by atoms with Gasteiger partial charge in [-0.15, -0.1) is 0 Å². The molecule has 0 bridgehead atoms. The molecule has 0 saturated carbocycles. The molecule has 0 aliphatic rings. The molecule has 2 aromatic carbocycles. The molecule has 0 heterocycles. The number of halogens is 2. The second-order valence-electron chi connectivity index (χ2n) is 4.52. The van der Waals surface area contributed by atoms with Crippen LogP contribution in [0.4, 0.5) is 14.5 Å². The van der Waals surface area contributed by atoms with Crippen LogP contribution in [0.5, 0.6) is 5.75 Å². The Balaban J connectivity index is 2.88. The third kappa shape index (κ3) is 2.20. The topological polar surface area (TPSA) is 61.3 Å². The van der Waals surface area contributed by atoms with E-state index in [1.807, 2.05) is 0 Å². The number of hydrogen-bond donors (Lipinski definition) is 2. The Morgan fingerprint density at radius 3 is 2.20 bits per heavy atom. The Labute approximate surface area is 116 Å². The fourth-order valence-electron chi connectivity index (χ4n) is 2.25.